The molecule has 0 unspecified atom stereocenters. The first-order valence-corrected chi connectivity index (χ1v) is 6.25. The lowest BCUT2D eigenvalue weighted by molar-refractivity contribution is 0.282. The van der Waals surface area contributed by atoms with Gasteiger partial charge >= 0.3 is 0 Å². The van der Waals surface area contributed by atoms with E-state index in [0.717, 1.165) is 23.4 Å². The van der Waals surface area contributed by atoms with Crippen LogP contribution in [0, 0.1) is 0 Å². The molecule has 2 rings (SSSR count). The third-order valence-corrected chi connectivity index (χ3v) is 3.04. The molecule has 0 atom stereocenters. The van der Waals surface area contributed by atoms with E-state index in [1.165, 1.54) is 0 Å². The molecular formula is C13H16ClN3O. The summed E-state index contributed by atoms with van der Waals surface area (Å²) in [4.78, 5) is 0. The monoisotopic (exact) mass is 265 g/mol. The van der Waals surface area contributed by atoms with Gasteiger partial charge in [-0.2, -0.15) is 5.10 Å². The van der Waals surface area contributed by atoms with Crippen LogP contribution in [-0.4, -0.2) is 14.9 Å². The molecule has 0 saturated carbocycles. The number of nitrogens with one attached hydrogen (secondary N) is 1. The van der Waals surface area contributed by atoms with Crippen LogP contribution in [0.1, 0.15) is 18.1 Å². The van der Waals surface area contributed by atoms with Crippen molar-refractivity contribution in [1.29, 1.82) is 0 Å². The van der Waals surface area contributed by atoms with Crippen molar-refractivity contribution in [3.05, 3.63) is 46.7 Å². The van der Waals surface area contributed by atoms with Crippen LogP contribution in [-0.2, 0) is 19.7 Å². The Hall–Kier alpha value is -1.52. The van der Waals surface area contributed by atoms with Crippen LogP contribution in [0.2, 0.25) is 5.02 Å². The van der Waals surface area contributed by atoms with Gasteiger partial charge in [-0.05, 0) is 24.6 Å². The Bertz CT molecular complexity index is 525. The van der Waals surface area contributed by atoms with Crippen LogP contribution in [0.4, 0.5) is 5.69 Å². The fourth-order valence-electron chi connectivity index (χ4n) is 1.67. The average molecular weight is 266 g/mol. The van der Waals surface area contributed by atoms with E-state index in [1.54, 1.807) is 6.07 Å². The highest BCUT2D eigenvalue weighted by atomic mass is 35.5. The summed E-state index contributed by atoms with van der Waals surface area (Å²) >= 11 is 6.09. The largest absolute Gasteiger partial charge is 0.392 e. The van der Waals surface area contributed by atoms with Crippen LogP contribution >= 0.6 is 11.6 Å². The molecule has 0 radical (unpaired) electrons. The Morgan fingerprint density at radius 2 is 2.22 bits per heavy atom. The highest BCUT2D eigenvalue weighted by Crippen LogP contribution is 2.23. The first-order valence-electron chi connectivity index (χ1n) is 5.87. The normalized spacial score (nSPS) is 10.6. The van der Waals surface area contributed by atoms with E-state index in [4.69, 9.17) is 16.7 Å². The van der Waals surface area contributed by atoms with Gasteiger partial charge in [-0.3, -0.25) is 4.68 Å². The molecule has 96 valence electrons. The number of aliphatic hydroxyl groups excluding tert-OH is 1. The van der Waals surface area contributed by atoms with Gasteiger partial charge in [-0.25, -0.2) is 0 Å². The van der Waals surface area contributed by atoms with Gasteiger partial charge in [0.05, 0.1) is 23.5 Å². The zero-order valence-electron chi connectivity index (χ0n) is 10.2. The van der Waals surface area contributed by atoms with Gasteiger partial charge in [0.2, 0.25) is 0 Å². The van der Waals surface area contributed by atoms with Gasteiger partial charge in [0, 0.05) is 24.8 Å². The molecule has 0 aliphatic rings. The molecule has 2 aromatic rings. The van der Waals surface area contributed by atoms with E-state index in [-0.39, 0.29) is 6.61 Å². The fourth-order valence-corrected chi connectivity index (χ4v) is 1.86. The summed E-state index contributed by atoms with van der Waals surface area (Å²) in [7, 11) is 0. The zero-order chi connectivity index (χ0) is 13.0. The summed E-state index contributed by atoms with van der Waals surface area (Å²) in [6.45, 7) is 3.58. The highest BCUT2D eigenvalue weighted by molar-refractivity contribution is 6.33. The van der Waals surface area contributed by atoms with Crippen LogP contribution in [0.3, 0.4) is 0 Å². The van der Waals surface area contributed by atoms with E-state index < -0.39 is 0 Å². The number of aliphatic hydroxyl groups is 1. The minimum absolute atomic E-state index is 0.0135. The molecule has 0 aliphatic carbocycles. The second-order valence-electron chi connectivity index (χ2n) is 4.03. The number of aromatic nitrogens is 2. The maximum Gasteiger partial charge on any atom is 0.0682 e. The standard InChI is InChI=1S/C13H16ClN3O/c1-2-17-8-11(7-16-17)6-15-13-5-10(9-18)3-4-12(13)14/h3-5,7-8,15,18H,2,6,9H2,1H3. The predicted octanol–water partition coefficient (Wildman–Crippen LogP) is 2.66. The average Bonchev–Trinajstić information content (AvgIpc) is 2.86. The molecule has 2 N–H and O–H groups in total. The quantitative estimate of drug-likeness (QED) is 0.874. The van der Waals surface area contributed by atoms with E-state index in [9.17, 15) is 0 Å². The molecule has 0 bridgehead atoms. The van der Waals surface area contributed by atoms with Crippen molar-refractivity contribution >= 4 is 17.3 Å². The molecule has 0 spiro atoms. The van der Waals surface area contributed by atoms with Crippen molar-refractivity contribution in [3.63, 3.8) is 0 Å². The van der Waals surface area contributed by atoms with Crippen LogP contribution < -0.4 is 5.32 Å². The third-order valence-electron chi connectivity index (χ3n) is 2.71. The number of hydrogen-bond acceptors (Lipinski definition) is 3. The minimum atomic E-state index is 0.0135. The van der Waals surface area contributed by atoms with E-state index in [0.29, 0.717) is 11.6 Å². The highest BCUT2D eigenvalue weighted by Gasteiger charge is 2.03. The molecule has 1 aromatic heterocycles. The van der Waals surface area contributed by atoms with Crippen molar-refractivity contribution in [3.8, 4) is 0 Å². The van der Waals surface area contributed by atoms with Crippen molar-refractivity contribution in [2.24, 2.45) is 0 Å². The smallest absolute Gasteiger partial charge is 0.0682 e. The van der Waals surface area contributed by atoms with E-state index >= 15 is 0 Å². The number of nitrogens with zero attached hydrogens (tertiary/aromatic N) is 2. The zero-order valence-corrected chi connectivity index (χ0v) is 11.0. The Kier molecular flexibility index (Phi) is 4.23. The topological polar surface area (TPSA) is 50.1 Å². The van der Waals surface area contributed by atoms with E-state index in [1.807, 2.05) is 36.1 Å². The molecular weight excluding hydrogens is 250 g/mol. The predicted molar refractivity (Wildman–Crippen MR) is 72.6 cm³/mol. The maximum absolute atomic E-state index is 9.09. The lowest BCUT2D eigenvalue weighted by Crippen LogP contribution is -2.00. The number of benzene rings is 1. The Morgan fingerprint density at radius 1 is 1.39 bits per heavy atom. The Labute approximate surface area is 111 Å². The van der Waals surface area contributed by atoms with Gasteiger partial charge < -0.3 is 10.4 Å². The summed E-state index contributed by atoms with van der Waals surface area (Å²) in [5.74, 6) is 0. The first-order chi connectivity index (χ1) is 8.72. The maximum atomic E-state index is 9.09. The lowest BCUT2D eigenvalue weighted by atomic mass is 10.2. The summed E-state index contributed by atoms with van der Waals surface area (Å²) < 4.78 is 1.88. The number of aryl methyl sites for hydroxylation is 1. The Morgan fingerprint density at radius 3 is 2.89 bits per heavy atom. The van der Waals surface area contributed by atoms with Crippen LogP contribution in [0.15, 0.2) is 30.6 Å². The SMILES string of the molecule is CCn1cc(CNc2cc(CO)ccc2Cl)cn1. The second kappa shape index (κ2) is 5.89. The van der Waals surface area contributed by atoms with Gasteiger partial charge in [0.1, 0.15) is 0 Å². The van der Waals surface area contributed by atoms with Crippen molar-refractivity contribution in [2.45, 2.75) is 26.6 Å². The minimum Gasteiger partial charge on any atom is -0.392 e. The van der Waals surface area contributed by atoms with Crippen molar-refractivity contribution in [1.82, 2.24) is 9.78 Å². The van der Waals surface area contributed by atoms with Gasteiger partial charge in [-0.1, -0.05) is 17.7 Å². The van der Waals surface area contributed by atoms with Gasteiger partial charge in [-0.15, -0.1) is 0 Å². The molecule has 0 amide bonds. The number of hydrogen-bond donors (Lipinski definition) is 2. The number of anilines is 1. The summed E-state index contributed by atoms with van der Waals surface area (Å²) in [5.41, 5.74) is 2.76. The number of halogens is 1. The molecule has 18 heavy (non-hydrogen) atoms. The van der Waals surface area contributed by atoms with Crippen LogP contribution in [0.5, 0.6) is 0 Å². The van der Waals surface area contributed by atoms with Gasteiger partial charge in [0.25, 0.3) is 0 Å². The van der Waals surface area contributed by atoms with Crippen molar-refractivity contribution < 1.29 is 5.11 Å². The molecule has 4 nitrogen and oxygen atoms in total. The lowest BCUT2D eigenvalue weighted by Gasteiger charge is -2.08. The fraction of sp³-hybridized carbons (Fsp3) is 0.308. The molecule has 0 saturated heterocycles. The van der Waals surface area contributed by atoms with Gasteiger partial charge in [0.15, 0.2) is 0 Å². The molecule has 1 aromatic carbocycles. The van der Waals surface area contributed by atoms with Crippen LogP contribution in [0.25, 0.3) is 0 Å². The third kappa shape index (κ3) is 3.03. The Balaban J connectivity index is 2.05. The first kappa shape index (κ1) is 12.9. The summed E-state index contributed by atoms with van der Waals surface area (Å²) in [6, 6.07) is 5.44. The summed E-state index contributed by atoms with van der Waals surface area (Å²) in [6.07, 6.45) is 3.83. The molecule has 5 heteroatoms. The molecule has 0 aliphatic heterocycles. The van der Waals surface area contributed by atoms with E-state index in [2.05, 4.69) is 10.4 Å². The molecule has 0 fully saturated rings. The number of rotatable bonds is 5. The second-order valence-corrected chi connectivity index (χ2v) is 4.44. The van der Waals surface area contributed by atoms with Crippen molar-refractivity contribution in [2.75, 3.05) is 5.32 Å². The molecule has 1 heterocycles. The summed E-state index contributed by atoms with van der Waals surface area (Å²) in [5, 5.41) is 17.2.